The maximum absolute atomic E-state index is 12.7. The Morgan fingerprint density at radius 1 is 1.17 bits per heavy atom. The van der Waals surface area contributed by atoms with Gasteiger partial charge in [-0.2, -0.15) is 0 Å². The molecule has 0 spiro atoms. The number of nitrogens with zero attached hydrogens (tertiary/aromatic N) is 2. The van der Waals surface area contributed by atoms with Crippen molar-refractivity contribution in [1.29, 1.82) is 0 Å². The molecule has 7 nitrogen and oxygen atoms in total. The van der Waals surface area contributed by atoms with Gasteiger partial charge < -0.3 is 19.5 Å². The zero-order valence-electron chi connectivity index (χ0n) is 16.9. The van der Waals surface area contributed by atoms with Gasteiger partial charge in [-0.1, -0.05) is 18.2 Å². The molecule has 0 aliphatic carbocycles. The number of allylic oxidation sites excluding steroid dienone is 1. The van der Waals surface area contributed by atoms with E-state index >= 15 is 0 Å². The van der Waals surface area contributed by atoms with E-state index in [9.17, 15) is 4.79 Å². The second kappa shape index (κ2) is 7.50. The molecule has 2 heterocycles. The van der Waals surface area contributed by atoms with E-state index in [4.69, 9.17) is 19.2 Å². The largest absolute Gasteiger partial charge is 0.493 e. The Bertz CT molecular complexity index is 1120. The number of carbonyl (C=O) groups is 1. The van der Waals surface area contributed by atoms with Crippen molar-refractivity contribution in [2.45, 2.75) is 19.9 Å². The van der Waals surface area contributed by atoms with Crippen molar-refractivity contribution >= 4 is 23.0 Å². The summed E-state index contributed by atoms with van der Waals surface area (Å²) in [6, 6.07) is 13.1. The fraction of sp³-hybridized carbons (Fsp3) is 0.273. The molecule has 7 heteroatoms. The first-order chi connectivity index (χ1) is 14.1. The summed E-state index contributed by atoms with van der Waals surface area (Å²) < 4.78 is 18.3. The van der Waals surface area contributed by atoms with E-state index in [2.05, 4.69) is 5.32 Å². The van der Waals surface area contributed by atoms with Crippen LogP contribution in [0.4, 0.5) is 5.95 Å². The number of hydrogen-bond donors (Lipinski definition) is 1. The van der Waals surface area contributed by atoms with Crippen LogP contribution in [0.5, 0.6) is 11.5 Å². The van der Waals surface area contributed by atoms with Gasteiger partial charge in [0.25, 0.3) is 0 Å². The second-order valence-electron chi connectivity index (χ2n) is 6.70. The lowest BCUT2D eigenvalue weighted by Crippen LogP contribution is -2.28. The molecule has 0 saturated carbocycles. The number of methoxy groups -OCH3 is 2. The Hall–Kier alpha value is -3.48. The fourth-order valence-corrected chi connectivity index (χ4v) is 3.78. The number of imidazole rings is 1. The van der Waals surface area contributed by atoms with Crippen molar-refractivity contribution in [3.63, 3.8) is 0 Å². The number of aromatic nitrogens is 2. The molecule has 1 aliphatic heterocycles. The summed E-state index contributed by atoms with van der Waals surface area (Å²) in [5, 5.41) is 3.25. The quantitative estimate of drug-likeness (QED) is 0.663. The summed E-state index contributed by atoms with van der Waals surface area (Å²) in [5.74, 6) is 1.55. The van der Waals surface area contributed by atoms with Crippen LogP contribution in [0.25, 0.3) is 11.0 Å². The number of ether oxygens (including phenoxy) is 3. The SMILES string of the molecule is CCOc1ccc([C@H]2C(C(=O)OC)=C(C)Nc3nc4ccccc4n32)cc1OC. The van der Waals surface area contributed by atoms with Crippen LogP contribution in [0.3, 0.4) is 0 Å². The van der Waals surface area contributed by atoms with Crippen molar-refractivity contribution in [3.05, 3.63) is 59.3 Å². The van der Waals surface area contributed by atoms with Gasteiger partial charge in [-0.25, -0.2) is 9.78 Å². The third-order valence-corrected chi connectivity index (χ3v) is 5.04. The molecule has 1 N–H and O–H groups in total. The number of esters is 1. The molecule has 0 saturated heterocycles. The summed E-state index contributed by atoms with van der Waals surface area (Å²) in [7, 11) is 2.99. The maximum Gasteiger partial charge on any atom is 0.337 e. The Morgan fingerprint density at radius 2 is 1.97 bits per heavy atom. The molecule has 0 fully saturated rings. The van der Waals surface area contributed by atoms with E-state index in [1.165, 1.54) is 7.11 Å². The summed E-state index contributed by atoms with van der Waals surface area (Å²) >= 11 is 0. The lowest BCUT2D eigenvalue weighted by Gasteiger charge is -2.30. The summed E-state index contributed by atoms with van der Waals surface area (Å²) in [4.78, 5) is 17.4. The van der Waals surface area contributed by atoms with Gasteiger partial charge in [0, 0.05) is 5.70 Å². The standard InChI is InChI=1S/C22H23N3O4/c1-5-29-17-11-10-14(12-18(17)27-3)20-19(21(26)28-4)13(2)23-22-24-15-8-6-7-9-16(15)25(20)22/h6-12,20H,5H2,1-4H3,(H,23,24)/t20-/m0/s1. The molecule has 1 aliphatic rings. The van der Waals surface area contributed by atoms with Crippen LogP contribution in [0, 0.1) is 0 Å². The number of para-hydroxylation sites is 2. The molecular weight excluding hydrogens is 370 g/mol. The fourth-order valence-electron chi connectivity index (χ4n) is 3.78. The van der Waals surface area contributed by atoms with Gasteiger partial charge in [0.1, 0.15) is 0 Å². The van der Waals surface area contributed by atoms with Gasteiger partial charge >= 0.3 is 5.97 Å². The van der Waals surface area contributed by atoms with Gasteiger partial charge in [-0.15, -0.1) is 0 Å². The van der Waals surface area contributed by atoms with E-state index in [0.29, 0.717) is 35.3 Å². The highest BCUT2D eigenvalue weighted by atomic mass is 16.5. The highest BCUT2D eigenvalue weighted by Gasteiger charge is 2.35. The molecule has 29 heavy (non-hydrogen) atoms. The molecule has 1 atom stereocenters. The molecule has 0 amide bonds. The molecule has 0 radical (unpaired) electrons. The number of benzene rings is 2. The number of rotatable bonds is 5. The topological polar surface area (TPSA) is 74.6 Å². The van der Waals surface area contributed by atoms with Crippen molar-refractivity contribution < 1.29 is 19.0 Å². The summed E-state index contributed by atoms with van der Waals surface area (Å²) in [6.45, 7) is 4.31. The number of anilines is 1. The van der Waals surface area contributed by atoms with E-state index in [-0.39, 0.29) is 0 Å². The zero-order valence-corrected chi connectivity index (χ0v) is 16.9. The maximum atomic E-state index is 12.7. The number of nitrogens with one attached hydrogen (secondary N) is 1. The molecule has 0 bridgehead atoms. The van der Waals surface area contributed by atoms with Crippen molar-refractivity contribution in [2.75, 3.05) is 26.1 Å². The van der Waals surface area contributed by atoms with Gasteiger partial charge in [0.05, 0.1) is 43.5 Å². The van der Waals surface area contributed by atoms with Crippen LogP contribution < -0.4 is 14.8 Å². The Kier molecular flexibility index (Phi) is 4.88. The van der Waals surface area contributed by atoms with Crippen LogP contribution in [0.1, 0.15) is 25.5 Å². The van der Waals surface area contributed by atoms with Crippen molar-refractivity contribution in [3.8, 4) is 11.5 Å². The van der Waals surface area contributed by atoms with Crippen LogP contribution >= 0.6 is 0 Å². The van der Waals surface area contributed by atoms with Gasteiger partial charge in [0.15, 0.2) is 11.5 Å². The normalized spacial score (nSPS) is 15.7. The average Bonchev–Trinajstić information content (AvgIpc) is 3.10. The van der Waals surface area contributed by atoms with Crippen molar-refractivity contribution in [1.82, 2.24) is 9.55 Å². The lowest BCUT2D eigenvalue weighted by atomic mass is 9.94. The molecule has 150 valence electrons. The summed E-state index contributed by atoms with van der Waals surface area (Å²) in [5.41, 5.74) is 3.86. The van der Waals surface area contributed by atoms with E-state index < -0.39 is 12.0 Å². The Morgan fingerprint density at radius 3 is 2.69 bits per heavy atom. The monoisotopic (exact) mass is 393 g/mol. The van der Waals surface area contributed by atoms with Crippen molar-refractivity contribution in [2.24, 2.45) is 0 Å². The van der Waals surface area contributed by atoms with Gasteiger partial charge in [-0.3, -0.25) is 4.57 Å². The zero-order chi connectivity index (χ0) is 20.5. The molecule has 4 rings (SSSR count). The van der Waals surface area contributed by atoms with Gasteiger partial charge in [0.2, 0.25) is 5.95 Å². The highest BCUT2D eigenvalue weighted by Crippen LogP contribution is 2.41. The Labute approximate surface area is 168 Å². The van der Waals surface area contributed by atoms with Gasteiger partial charge in [-0.05, 0) is 43.7 Å². The van der Waals surface area contributed by atoms with Crippen LogP contribution in [0.2, 0.25) is 0 Å². The first-order valence-corrected chi connectivity index (χ1v) is 9.42. The first kappa shape index (κ1) is 18.9. The first-order valence-electron chi connectivity index (χ1n) is 9.42. The van der Waals surface area contributed by atoms with E-state index in [0.717, 1.165) is 16.6 Å². The molecular formula is C22H23N3O4. The lowest BCUT2D eigenvalue weighted by molar-refractivity contribution is -0.136. The molecule has 3 aromatic rings. The minimum absolute atomic E-state index is 0.392. The molecule has 2 aromatic carbocycles. The predicted octanol–water partition coefficient (Wildman–Crippen LogP) is 3.91. The second-order valence-corrected chi connectivity index (χ2v) is 6.70. The van der Waals surface area contributed by atoms with Crippen LogP contribution in [0.15, 0.2) is 53.7 Å². The van der Waals surface area contributed by atoms with Crippen LogP contribution in [-0.2, 0) is 9.53 Å². The Balaban J connectivity index is 1.96. The predicted molar refractivity (Wildman–Crippen MR) is 110 cm³/mol. The molecule has 1 aromatic heterocycles. The summed E-state index contributed by atoms with van der Waals surface area (Å²) in [6.07, 6.45) is 0. The number of hydrogen-bond acceptors (Lipinski definition) is 6. The molecule has 0 unspecified atom stereocenters. The van der Waals surface area contributed by atoms with E-state index in [1.54, 1.807) is 7.11 Å². The third kappa shape index (κ3) is 3.08. The van der Waals surface area contributed by atoms with Crippen LogP contribution in [-0.4, -0.2) is 36.3 Å². The number of carbonyl (C=O) groups excluding carboxylic acids is 1. The minimum Gasteiger partial charge on any atom is -0.493 e. The third-order valence-electron chi connectivity index (χ3n) is 5.04. The van der Waals surface area contributed by atoms with E-state index in [1.807, 2.05) is 60.9 Å². The average molecular weight is 393 g/mol. The minimum atomic E-state index is -0.421. The number of fused-ring (bicyclic) bond motifs is 3. The smallest absolute Gasteiger partial charge is 0.337 e. The highest BCUT2D eigenvalue weighted by molar-refractivity contribution is 5.94.